The lowest BCUT2D eigenvalue weighted by Crippen LogP contribution is -2.46. The van der Waals surface area contributed by atoms with Crippen LogP contribution in [-0.2, 0) is 0 Å². The number of aliphatic hydroxyl groups excluding tert-OH is 1. The Morgan fingerprint density at radius 3 is 2.50 bits per heavy atom. The number of hydrogen-bond acceptors (Lipinski definition) is 2. The number of hydrogen-bond donors (Lipinski definition) is 2. The van der Waals surface area contributed by atoms with Crippen LogP contribution in [0.5, 0.6) is 0 Å². The molecule has 2 heteroatoms. The highest BCUT2D eigenvalue weighted by Gasteiger charge is 2.39. The summed E-state index contributed by atoms with van der Waals surface area (Å²) in [5.74, 6) is 0.763. The molecule has 1 fully saturated rings. The predicted molar refractivity (Wildman–Crippen MR) is 48.8 cm³/mol. The third kappa shape index (κ3) is 1.80. The first kappa shape index (κ1) is 10.0. The molecule has 0 amide bonds. The Hall–Kier alpha value is -0.0800. The van der Waals surface area contributed by atoms with Gasteiger partial charge in [0.05, 0.1) is 12.2 Å². The van der Waals surface area contributed by atoms with Crippen LogP contribution in [0.15, 0.2) is 0 Å². The van der Waals surface area contributed by atoms with Crippen molar-refractivity contribution < 1.29 is 10.2 Å². The molecule has 2 atom stereocenters. The van der Waals surface area contributed by atoms with E-state index in [2.05, 4.69) is 13.8 Å². The minimum Gasteiger partial charge on any atom is -0.393 e. The van der Waals surface area contributed by atoms with Crippen LogP contribution in [0.2, 0.25) is 0 Å². The van der Waals surface area contributed by atoms with E-state index in [-0.39, 0.29) is 12.5 Å². The van der Waals surface area contributed by atoms with Crippen LogP contribution < -0.4 is 0 Å². The molecule has 0 aromatic carbocycles. The van der Waals surface area contributed by atoms with Crippen molar-refractivity contribution in [2.24, 2.45) is 11.8 Å². The molecule has 72 valence electrons. The minimum atomic E-state index is -0.785. The van der Waals surface area contributed by atoms with Gasteiger partial charge in [0.15, 0.2) is 0 Å². The van der Waals surface area contributed by atoms with Crippen LogP contribution in [0.4, 0.5) is 0 Å². The smallest absolute Gasteiger partial charge is 0.0907 e. The molecule has 0 aliphatic heterocycles. The molecule has 0 radical (unpaired) electrons. The summed E-state index contributed by atoms with van der Waals surface area (Å²) in [7, 11) is 0. The first-order valence-corrected chi connectivity index (χ1v) is 4.93. The second-order valence-corrected chi connectivity index (χ2v) is 4.36. The van der Waals surface area contributed by atoms with Crippen molar-refractivity contribution in [3.05, 3.63) is 0 Å². The van der Waals surface area contributed by atoms with E-state index in [1.807, 2.05) is 0 Å². The van der Waals surface area contributed by atoms with Gasteiger partial charge in [0.1, 0.15) is 0 Å². The van der Waals surface area contributed by atoms with Gasteiger partial charge in [-0.2, -0.15) is 0 Å². The molecule has 1 aliphatic carbocycles. The molecule has 2 nitrogen and oxygen atoms in total. The lowest BCUT2D eigenvalue weighted by Gasteiger charge is -2.41. The molecule has 1 saturated carbocycles. The summed E-state index contributed by atoms with van der Waals surface area (Å²) < 4.78 is 0. The molecule has 1 aliphatic rings. The molecule has 12 heavy (non-hydrogen) atoms. The third-order valence-corrected chi connectivity index (χ3v) is 3.14. The van der Waals surface area contributed by atoms with E-state index in [9.17, 15) is 5.11 Å². The fourth-order valence-electron chi connectivity index (χ4n) is 2.40. The monoisotopic (exact) mass is 172 g/mol. The Morgan fingerprint density at radius 2 is 2.08 bits per heavy atom. The highest BCUT2D eigenvalue weighted by Crippen LogP contribution is 2.37. The van der Waals surface area contributed by atoms with Gasteiger partial charge in [-0.15, -0.1) is 0 Å². The van der Waals surface area contributed by atoms with Crippen molar-refractivity contribution in [1.82, 2.24) is 0 Å². The molecule has 0 spiro atoms. The summed E-state index contributed by atoms with van der Waals surface area (Å²) in [6.07, 6.45) is 4.09. The quantitative estimate of drug-likeness (QED) is 0.663. The minimum absolute atomic E-state index is 0.0736. The van der Waals surface area contributed by atoms with Gasteiger partial charge < -0.3 is 10.2 Å². The summed E-state index contributed by atoms with van der Waals surface area (Å²) in [5.41, 5.74) is -0.785. The van der Waals surface area contributed by atoms with E-state index in [1.165, 1.54) is 6.42 Å². The van der Waals surface area contributed by atoms with E-state index in [1.54, 1.807) is 0 Å². The molecule has 0 bridgehead atoms. The number of aliphatic hydroxyl groups is 2. The zero-order chi connectivity index (χ0) is 9.19. The molecular formula is C10H20O2. The zero-order valence-corrected chi connectivity index (χ0v) is 8.08. The summed E-state index contributed by atoms with van der Waals surface area (Å²) in [4.78, 5) is 0. The Kier molecular flexibility index (Phi) is 3.13. The van der Waals surface area contributed by atoms with E-state index in [4.69, 9.17) is 5.11 Å². The Morgan fingerprint density at radius 1 is 1.42 bits per heavy atom. The van der Waals surface area contributed by atoms with Gasteiger partial charge in [-0.1, -0.05) is 26.7 Å². The highest BCUT2D eigenvalue weighted by atomic mass is 16.3. The molecule has 0 saturated heterocycles. The van der Waals surface area contributed by atoms with Gasteiger partial charge in [-0.05, 0) is 24.7 Å². The topological polar surface area (TPSA) is 40.5 Å². The fourth-order valence-corrected chi connectivity index (χ4v) is 2.40. The molecule has 0 aromatic rings. The van der Waals surface area contributed by atoms with Gasteiger partial charge in [0, 0.05) is 0 Å². The van der Waals surface area contributed by atoms with Gasteiger partial charge >= 0.3 is 0 Å². The fraction of sp³-hybridized carbons (Fsp3) is 1.00. The first-order valence-electron chi connectivity index (χ1n) is 4.93. The van der Waals surface area contributed by atoms with Crippen LogP contribution in [-0.4, -0.2) is 22.4 Å². The van der Waals surface area contributed by atoms with Crippen molar-refractivity contribution in [1.29, 1.82) is 0 Å². The van der Waals surface area contributed by atoms with Crippen molar-refractivity contribution in [2.75, 3.05) is 6.61 Å². The summed E-state index contributed by atoms with van der Waals surface area (Å²) >= 11 is 0. The predicted octanol–water partition coefficient (Wildman–Crippen LogP) is 1.56. The summed E-state index contributed by atoms with van der Waals surface area (Å²) in [5, 5.41) is 19.2. The average molecular weight is 172 g/mol. The molecule has 0 aromatic heterocycles. The lowest BCUT2D eigenvalue weighted by atomic mass is 9.70. The Bertz CT molecular complexity index is 145. The standard InChI is InChI=1S/C10H20O2/c1-8(2)9-5-3-4-6-10(9,12)7-11/h8-9,11-12H,3-7H2,1-2H3/t9-,10+/m1/s1. The van der Waals surface area contributed by atoms with Gasteiger partial charge in [-0.25, -0.2) is 0 Å². The maximum absolute atomic E-state index is 10.1. The lowest BCUT2D eigenvalue weighted by molar-refractivity contribution is -0.0994. The van der Waals surface area contributed by atoms with Crippen LogP contribution in [0, 0.1) is 11.8 Å². The zero-order valence-electron chi connectivity index (χ0n) is 8.08. The number of rotatable bonds is 2. The third-order valence-electron chi connectivity index (χ3n) is 3.14. The molecular weight excluding hydrogens is 152 g/mol. The van der Waals surface area contributed by atoms with Gasteiger partial charge in [0.25, 0.3) is 0 Å². The SMILES string of the molecule is CC(C)[C@H]1CCCC[C@]1(O)CO. The van der Waals surface area contributed by atoms with Crippen molar-refractivity contribution in [2.45, 2.75) is 45.1 Å². The van der Waals surface area contributed by atoms with Crippen LogP contribution in [0.25, 0.3) is 0 Å². The van der Waals surface area contributed by atoms with Gasteiger partial charge in [-0.3, -0.25) is 0 Å². The summed E-state index contributed by atoms with van der Waals surface area (Å²) in [6.45, 7) is 4.17. The molecule has 1 rings (SSSR count). The van der Waals surface area contributed by atoms with E-state index >= 15 is 0 Å². The van der Waals surface area contributed by atoms with E-state index in [0.29, 0.717) is 5.92 Å². The maximum Gasteiger partial charge on any atom is 0.0907 e. The molecule has 2 N–H and O–H groups in total. The van der Waals surface area contributed by atoms with Crippen molar-refractivity contribution in [3.63, 3.8) is 0 Å². The normalized spacial score (nSPS) is 37.2. The Labute approximate surface area is 74.6 Å². The molecule has 0 heterocycles. The van der Waals surface area contributed by atoms with Crippen LogP contribution >= 0.6 is 0 Å². The van der Waals surface area contributed by atoms with Crippen molar-refractivity contribution in [3.8, 4) is 0 Å². The first-order chi connectivity index (χ1) is 5.60. The second-order valence-electron chi connectivity index (χ2n) is 4.36. The maximum atomic E-state index is 10.1. The highest BCUT2D eigenvalue weighted by molar-refractivity contribution is 4.90. The van der Waals surface area contributed by atoms with Crippen LogP contribution in [0.3, 0.4) is 0 Å². The summed E-state index contributed by atoms with van der Waals surface area (Å²) in [6, 6.07) is 0. The van der Waals surface area contributed by atoms with E-state index in [0.717, 1.165) is 19.3 Å². The largest absolute Gasteiger partial charge is 0.393 e. The average Bonchev–Trinajstić information content (AvgIpc) is 2.05. The Balaban J connectivity index is 2.66. The molecule has 0 unspecified atom stereocenters. The van der Waals surface area contributed by atoms with Gasteiger partial charge in [0.2, 0.25) is 0 Å². The van der Waals surface area contributed by atoms with E-state index < -0.39 is 5.60 Å². The van der Waals surface area contributed by atoms with Crippen LogP contribution in [0.1, 0.15) is 39.5 Å². The van der Waals surface area contributed by atoms with Crippen molar-refractivity contribution >= 4 is 0 Å². The second kappa shape index (κ2) is 3.75.